The summed E-state index contributed by atoms with van der Waals surface area (Å²) in [5, 5.41) is 8.21. The SMILES string of the molecule is COc1ccc(C(=O)OC[C@H]2O[C@@H](O[C@H]3[C@H](OC(C)=O)[C@@H](OC(C)=O)[C@@H](OC(=N)C(Cl)(Cl)Cl)O[C@@H]3COC(C)=O)[C@H](OC(C)=O)C[C@H]2O[C@H]2O[C@H](COC(C)=O)[C@H](OC(C)=O)[C@H](OC(C)=O)[C@H]2OC(C)=O)cc1. The molecule has 3 fully saturated rings. The molecule has 0 saturated carbocycles. The van der Waals surface area contributed by atoms with E-state index >= 15 is 0 Å². The van der Waals surface area contributed by atoms with Gasteiger partial charge in [-0.2, -0.15) is 0 Å². The molecule has 406 valence electrons. The van der Waals surface area contributed by atoms with Crippen LogP contribution in [0.15, 0.2) is 24.3 Å². The minimum Gasteiger partial charge on any atom is -0.497 e. The average Bonchev–Trinajstić information content (AvgIpc) is 3.27. The highest BCUT2D eigenvalue weighted by Crippen LogP contribution is 2.38. The second-order valence-electron chi connectivity index (χ2n) is 16.0. The molecule has 1 N–H and O–H groups in total. The maximum atomic E-state index is 13.5. The average molecular weight is 1100 g/mol. The van der Waals surface area contributed by atoms with Crippen LogP contribution in [0.25, 0.3) is 0 Å². The maximum Gasteiger partial charge on any atom is 0.338 e. The van der Waals surface area contributed by atoms with Crippen LogP contribution in [0.3, 0.4) is 0 Å². The van der Waals surface area contributed by atoms with Crippen molar-refractivity contribution in [2.24, 2.45) is 0 Å². The highest BCUT2D eigenvalue weighted by Gasteiger charge is 2.58. The van der Waals surface area contributed by atoms with Crippen LogP contribution in [0.1, 0.15) is 72.2 Å². The van der Waals surface area contributed by atoms with Gasteiger partial charge in [0.25, 0.3) is 3.79 Å². The summed E-state index contributed by atoms with van der Waals surface area (Å²) >= 11 is 17.6. The molecule has 1 aromatic rings. The molecule has 0 spiro atoms. The minimum absolute atomic E-state index is 0.0345. The highest BCUT2D eigenvalue weighted by atomic mass is 35.6. The second-order valence-corrected chi connectivity index (χ2v) is 18.3. The Morgan fingerprint density at radius 2 is 0.918 bits per heavy atom. The van der Waals surface area contributed by atoms with Gasteiger partial charge in [0.15, 0.2) is 43.1 Å². The Labute approximate surface area is 431 Å². The molecule has 29 heteroatoms. The minimum atomic E-state index is -2.51. The van der Waals surface area contributed by atoms with Crippen molar-refractivity contribution in [3.8, 4) is 5.75 Å². The predicted molar refractivity (Wildman–Crippen MR) is 239 cm³/mol. The number of hydrogen-bond acceptors (Lipinski definition) is 26. The van der Waals surface area contributed by atoms with Gasteiger partial charge in [-0.05, 0) is 24.3 Å². The lowest BCUT2D eigenvalue weighted by molar-refractivity contribution is -0.362. The monoisotopic (exact) mass is 1100 g/mol. The van der Waals surface area contributed by atoms with Gasteiger partial charge >= 0.3 is 53.7 Å². The number of halogens is 3. The number of carbonyl (C=O) groups excluding carboxylic acids is 9. The summed E-state index contributed by atoms with van der Waals surface area (Å²) in [5.41, 5.74) is 0.0345. The van der Waals surface area contributed by atoms with Crippen molar-refractivity contribution >= 4 is 94.4 Å². The third kappa shape index (κ3) is 18.1. The van der Waals surface area contributed by atoms with Gasteiger partial charge in [-0.1, -0.05) is 34.8 Å². The van der Waals surface area contributed by atoms with Crippen molar-refractivity contribution in [3.63, 3.8) is 0 Å². The van der Waals surface area contributed by atoms with Gasteiger partial charge in [0.05, 0.1) is 18.8 Å². The van der Waals surface area contributed by atoms with E-state index in [1.807, 2.05) is 0 Å². The van der Waals surface area contributed by atoms with Crippen molar-refractivity contribution in [1.82, 2.24) is 0 Å². The second kappa shape index (κ2) is 27.1. The molecule has 3 saturated heterocycles. The summed E-state index contributed by atoms with van der Waals surface area (Å²) in [5.74, 6) is -9.01. The Bertz CT molecular complexity index is 2170. The number of alkyl halides is 3. The molecule has 4 rings (SSSR count). The van der Waals surface area contributed by atoms with Crippen LogP contribution in [-0.2, 0) is 109 Å². The zero-order valence-electron chi connectivity index (χ0n) is 40.6. The zero-order chi connectivity index (χ0) is 54.5. The standard InChI is InChI=1S/C44H54Cl3NO25/c1-18(49)59-16-31-33(63-21(4)52)35(64-22(5)53)37(66-24(7)55)41(70-31)68-28-14-29(62-20(3)51)40(69-30(28)15-61-39(57)26-10-12-27(58-9)13-11-26)72-34-32(17-60-19(2)50)71-42(73-43(48)44(45,46)47)38(67-25(8)56)36(34)65-23(6)54/h10-13,28-38,40-42,48H,14-17H2,1-9H3/t28-,29-,30-,31-,32-,33+,34-,35+,36+,37-,38-,40+,41+,42-/m1/s1. The van der Waals surface area contributed by atoms with Gasteiger partial charge < -0.3 is 75.8 Å². The van der Waals surface area contributed by atoms with E-state index in [0.717, 1.165) is 55.4 Å². The molecule has 3 heterocycles. The molecule has 26 nitrogen and oxygen atoms in total. The van der Waals surface area contributed by atoms with Crippen LogP contribution in [0.2, 0.25) is 0 Å². The number of esters is 9. The highest BCUT2D eigenvalue weighted by molar-refractivity contribution is 6.76. The van der Waals surface area contributed by atoms with Crippen LogP contribution in [0.5, 0.6) is 5.75 Å². The van der Waals surface area contributed by atoms with Gasteiger partial charge in [-0.3, -0.25) is 43.8 Å². The number of benzene rings is 1. The summed E-state index contributed by atoms with van der Waals surface area (Å²) in [6.45, 7) is 5.99. The van der Waals surface area contributed by atoms with E-state index in [1.165, 1.54) is 31.4 Å². The van der Waals surface area contributed by atoms with Crippen molar-refractivity contribution in [3.05, 3.63) is 29.8 Å². The smallest absolute Gasteiger partial charge is 0.338 e. The largest absolute Gasteiger partial charge is 0.497 e. The topological polar surface area (TPSA) is 325 Å². The van der Waals surface area contributed by atoms with Gasteiger partial charge in [0, 0.05) is 61.8 Å². The normalized spacial score (nSPS) is 28.9. The van der Waals surface area contributed by atoms with Crippen molar-refractivity contribution < 1.29 is 119 Å². The van der Waals surface area contributed by atoms with Crippen LogP contribution < -0.4 is 4.74 Å². The predicted octanol–water partition coefficient (Wildman–Crippen LogP) is 2.27. The molecule has 0 bridgehead atoms. The van der Waals surface area contributed by atoms with Crippen molar-refractivity contribution in [2.75, 3.05) is 26.9 Å². The van der Waals surface area contributed by atoms with Crippen molar-refractivity contribution in [2.45, 2.75) is 152 Å². The van der Waals surface area contributed by atoms with E-state index in [2.05, 4.69) is 0 Å². The quantitative estimate of drug-likeness (QED) is 0.0682. The molecule has 1 aromatic carbocycles. The van der Waals surface area contributed by atoms with Gasteiger partial charge in [-0.25, -0.2) is 4.79 Å². The van der Waals surface area contributed by atoms with Crippen LogP contribution in [-0.4, -0.2) is 176 Å². The number of rotatable bonds is 19. The van der Waals surface area contributed by atoms with Gasteiger partial charge in [0.1, 0.15) is 50.0 Å². The van der Waals surface area contributed by atoms with Gasteiger partial charge in [0.2, 0.25) is 18.3 Å². The summed E-state index contributed by atoms with van der Waals surface area (Å²) in [6, 6.07) is 5.75. The molecular formula is C44H54Cl3NO25. The summed E-state index contributed by atoms with van der Waals surface area (Å²) in [6.07, 6.45) is -24.4. The Hall–Kier alpha value is -5.61. The molecule has 14 atom stereocenters. The lowest BCUT2D eigenvalue weighted by Crippen LogP contribution is -2.66. The van der Waals surface area contributed by atoms with Gasteiger partial charge in [-0.15, -0.1) is 0 Å². The molecule has 0 amide bonds. The van der Waals surface area contributed by atoms with Crippen LogP contribution >= 0.6 is 34.8 Å². The van der Waals surface area contributed by atoms with Crippen molar-refractivity contribution in [1.29, 1.82) is 5.41 Å². The number of ether oxygens (including phenoxy) is 16. The van der Waals surface area contributed by atoms with E-state index in [0.29, 0.717) is 5.75 Å². The molecule has 0 unspecified atom stereocenters. The third-order valence-corrected chi connectivity index (χ3v) is 10.7. The van der Waals surface area contributed by atoms with E-state index in [-0.39, 0.29) is 5.56 Å². The third-order valence-electron chi connectivity index (χ3n) is 10.2. The van der Waals surface area contributed by atoms with E-state index in [9.17, 15) is 43.2 Å². The molecule has 3 aliphatic heterocycles. The molecule has 0 radical (unpaired) electrons. The number of hydrogen-bond donors (Lipinski definition) is 1. The maximum absolute atomic E-state index is 13.5. The Balaban J connectivity index is 1.87. The molecule has 0 aromatic heterocycles. The van der Waals surface area contributed by atoms with E-state index in [1.54, 1.807) is 0 Å². The number of nitrogens with one attached hydrogen (secondary N) is 1. The first-order chi connectivity index (χ1) is 34.2. The summed E-state index contributed by atoms with van der Waals surface area (Å²) in [4.78, 5) is 114. The fourth-order valence-corrected chi connectivity index (χ4v) is 7.59. The molecule has 3 aliphatic rings. The molecule has 73 heavy (non-hydrogen) atoms. The zero-order valence-corrected chi connectivity index (χ0v) is 42.8. The Morgan fingerprint density at radius 3 is 1.40 bits per heavy atom. The first kappa shape index (κ1) is 59.9. The Morgan fingerprint density at radius 1 is 0.493 bits per heavy atom. The summed E-state index contributed by atoms with van der Waals surface area (Å²) < 4.78 is 89.0. The first-order valence-electron chi connectivity index (χ1n) is 21.9. The fourth-order valence-electron chi connectivity index (χ4n) is 7.46. The summed E-state index contributed by atoms with van der Waals surface area (Å²) in [7, 11) is 1.41. The molecule has 0 aliphatic carbocycles. The van der Waals surface area contributed by atoms with Crippen LogP contribution in [0, 0.1) is 5.41 Å². The first-order valence-corrected chi connectivity index (χ1v) is 23.0. The van der Waals surface area contributed by atoms with Crippen LogP contribution in [0.4, 0.5) is 0 Å². The Kier molecular flexibility index (Phi) is 22.2. The van der Waals surface area contributed by atoms with E-state index in [4.69, 9.17) is 116 Å². The van der Waals surface area contributed by atoms with E-state index < -0.39 is 176 Å². The number of methoxy groups -OCH3 is 1. The lowest BCUT2D eigenvalue weighted by Gasteiger charge is -2.48. The number of carbonyl (C=O) groups is 9. The lowest BCUT2D eigenvalue weighted by atomic mass is 9.96. The fraction of sp³-hybridized carbons (Fsp3) is 0.636. The molecular weight excluding hydrogens is 1050 g/mol.